The van der Waals surface area contributed by atoms with E-state index >= 15 is 0 Å². The molecule has 0 radical (unpaired) electrons. The van der Waals surface area contributed by atoms with Crippen LogP contribution < -0.4 is 10.2 Å². The highest BCUT2D eigenvalue weighted by atomic mass is 19.3. The van der Waals surface area contributed by atoms with Gasteiger partial charge in [0.1, 0.15) is 5.82 Å². The number of nitrogens with zero attached hydrogens (tertiary/aromatic N) is 4. The first kappa shape index (κ1) is 20.4. The van der Waals surface area contributed by atoms with Gasteiger partial charge in [-0.1, -0.05) is 18.2 Å². The Bertz CT molecular complexity index is 1160. The molecule has 3 aromatic rings. The number of aromatic nitrogens is 2. The van der Waals surface area contributed by atoms with Gasteiger partial charge in [0.05, 0.1) is 18.8 Å². The highest BCUT2D eigenvalue weighted by molar-refractivity contribution is 5.99. The standard InChI is InChI=1S/C23H22F3N5O/c24-19-6-2-1-5-17(19)18-7-9-27-21(31-11-8-23(25,26)15-31)20(18)28-22(32)30-13-12-29-10-3-4-16(29)14-30/h1-7,9-10H,8,11-15H2,(H,28,32). The number of pyridine rings is 1. The average molecular weight is 441 g/mol. The summed E-state index contributed by atoms with van der Waals surface area (Å²) < 4.78 is 44.6. The molecule has 2 aromatic heterocycles. The average Bonchev–Trinajstić information content (AvgIpc) is 3.39. The summed E-state index contributed by atoms with van der Waals surface area (Å²) in [7, 11) is 0. The lowest BCUT2D eigenvalue weighted by atomic mass is 10.0. The first-order valence-electron chi connectivity index (χ1n) is 10.5. The number of anilines is 2. The molecule has 0 saturated carbocycles. The Labute approximate surface area is 183 Å². The number of hydrogen-bond donors (Lipinski definition) is 1. The van der Waals surface area contributed by atoms with Crippen molar-refractivity contribution in [1.82, 2.24) is 14.5 Å². The fourth-order valence-corrected chi connectivity index (χ4v) is 4.31. The Morgan fingerprint density at radius 2 is 1.88 bits per heavy atom. The predicted molar refractivity (Wildman–Crippen MR) is 115 cm³/mol. The van der Waals surface area contributed by atoms with E-state index in [1.165, 1.54) is 17.2 Å². The number of rotatable bonds is 3. The number of amides is 2. The van der Waals surface area contributed by atoms with Crippen molar-refractivity contribution >= 4 is 17.5 Å². The molecule has 9 heteroatoms. The Kier molecular flexibility index (Phi) is 5.03. The van der Waals surface area contributed by atoms with Crippen molar-refractivity contribution in [1.29, 1.82) is 0 Å². The fraction of sp³-hybridized carbons (Fsp3) is 0.304. The van der Waals surface area contributed by atoms with E-state index in [9.17, 15) is 18.0 Å². The molecule has 0 atom stereocenters. The molecule has 5 rings (SSSR count). The molecule has 166 valence electrons. The van der Waals surface area contributed by atoms with Crippen LogP contribution in [0.3, 0.4) is 0 Å². The maximum Gasteiger partial charge on any atom is 0.322 e. The minimum atomic E-state index is -2.84. The second-order valence-corrected chi connectivity index (χ2v) is 8.11. The van der Waals surface area contributed by atoms with Crippen LogP contribution in [0.2, 0.25) is 0 Å². The lowest BCUT2D eigenvalue weighted by Gasteiger charge is -2.30. The SMILES string of the molecule is O=C(Nc1c(-c2ccccc2F)ccnc1N1CCC(F)(F)C1)N1CCn2cccc2C1. The number of urea groups is 1. The van der Waals surface area contributed by atoms with Crippen molar-refractivity contribution in [3.8, 4) is 11.1 Å². The zero-order valence-electron chi connectivity index (χ0n) is 17.3. The number of nitrogens with one attached hydrogen (secondary N) is 1. The predicted octanol–water partition coefficient (Wildman–Crippen LogP) is 4.58. The summed E-state index contributed by atoms with van der Waals surface area (Å²) in [5.41, 5.74) is 1.91. The second kappa shape index (κ2) is 7.89. The van der Waals surface area contributed by atoms with Crippen molar-refractivity contribution < 1.29 is 18.0 Å². The number of halogens is 3. The zero-order valence-corrected chi connectivity index (χ0v) is 17.3. The summed E-state index contributed by atoms with van der Waals surface area (Å²) in [5, 5.41) is 2.86. The van der Waals surface area contributed by atoms with Crippen LogP contribution in [0, 0.1) is 5.82 Å². The molecule has 1 aromatic carbocycles. The number of carbonyl (C=O) groups excluding carboxylic acids is 1. The number of carbonyl (C=O) groups is 1. The van der Waals surface area contributed by atoms with Crippen molar-refractivity contribution in [2.45, 2.75) is 25.4 Å². The van der Waals surface area contributed by atoms with Crippen molar-refractivity contribution in [2.24, 2.45) is 0 Å². The van der Waals surface area contributed by atoms with Gasteiger partial charge in [-0.3, -0.25) is 0 Å². The Hall–Kier alpha value is -3.49. The number of benzene rings is 1. The van der Waals surface area contributed by atoms with Crippen LogP contribution in [0.5, 0.6) is 0 Å². The van der Waals surface area contributed by atoms with Gasteiger partial charge in [0.15, 0.2) is 5.82 Å². The molecule has 1 saturated heterocycles. The van der Waals surface area contributed by atoms with Gasteiger partial charge in [-0.25, -0.2) is 22.9 Å². The molecule has 0 spiro atoms. The van der Waals surface area contributed by atoms with E-state index in [0.29, 0.717) is 25.2 Å². The van der Waals surface area contributed by atoms with E-state index < -0.39 is 18.3 Å². The number of hydrogen-bond acceptors (Lipinski definition) is 3. The smallest absolute Gasteiger partial charge is 0.322 e. The molecule has 32 heavy (non-hydrogen) atoms. The topological polar surface area (TPSA) is 53.4 Å². The maximum atomic E-state index is 14.6. The van der Waals surface area contributed by atoms with Crippen LogP contribution in [-0.4, -0.2) is 46.0 Å². The summed E-state index contributed by atoms with van der Waals surface area (Å²) in [5.74, 6) is -3.09. The third-order valence-corrected chi connectivity index (χ3v) is 5.97. The van der Waals surface area contributed by atoms with Gasteiger partial charge in [-0.05, 0) is 24.3 Å². The second-order valence-electron chi connectivity index (χ2n) is 8.11. The zero-order chi connectivity index (χ0) is 22.3. The van der Waals surface area contributed by atoms with Gasteiger partial charge in [0.2, 0.25) is 0 Å². The van der Waals surface area contributed by atoms with Crippen molar-refractivity contribution in [3.05, 3.63) is 66.4 Å². The molecule has 0 bridgehead atoms. The minimum Gasteiger partial charge on any atom is -0.349 e. The number of alkyl halides is 2. The normalized spacial score (nSPS) is 17.3. The van der Waals surface area contributed by atoms with E-state index in [0.717, 1.165) is 5.69 Å². The van der Waals surface area contributed by atoms with Gasteiger partial charge in [-0.15, -0.1) is 0 Å². The largest absolute Gasteiger partial charge is 0.349 e. The van der Waals surface area contributed by atoms with Crippen LogP contribution in [0.25, 0.3) is 11.1 Å². The highest BCUT2D eigenvalue weighted by Gasteiger charge is 2.40. The van der Waals surface area contributed by atoms with Gasteiger partial charge in [0, 0.05) is 55.3 Å². The molecular weight excluding hydrogens is 419 g/mol. The maximum absolute atomic E-state index is 14.6. The molecular formula is C23H22F3N5O. The first-order chi connectivity index (χ1) is 15.4. The van der Waals surface area contributed by atoms with E-state index in [-0.39, 0.29) is 36.1 Å². The summed E-state index contributed by atoms with van der Waals surface area (Å²) in [6.45, 7) is 1.18. The quantitative estimate of drug-likeness (QED) is 0.647. The molecule has 2 aliphatic rings. The van der Waals surface area contributed by atoms with E-state index in [1.807, 2.05) is 18.3 Å². The van der Waals surface area contributed by atoms with Gasteiger partial charge in [0.25, 0.3) is 5.92 Å². The highest BCUT2D eigenvalue weighted by Crippen LogP contribution is 2.39. The van der Waals surface area contributed by atoms with Gasteiger partial charge in [-0.2, -0.15) is 0 Å². The van der Waals surface area contributed by atoms with Crippen molar-refractivity contribution in [2.75, 3.05) is 29.9 Å². The molecule has 2 amide bonds. The molecule has 1 fully saturated rings. The van der Waals surface area contributed by atoms with E-state index in [1.54, 1.807) is 29.2 Å². The summed E-state index contributed by atoms with van der Waals surface area (Å²) in [4.78, 5) is 20.6. The van der Waals surface area contributed by atoms with Crippen LogP contribution in [0.15, 0.2) is 54.9 Å². The van der Waals surface area contributed by atoms with Crippen LogP contribution in [-0.2, 0) is 13.1 Å². The molecule has 1 N–H and O–H groups in total. The fourth-order valence-electron chi connectivity index (χ4n) is 4.31. The molecule has 6 nitrogen and oxygen atoms in total. The third-order valence-electron chi connectivity index (χ3n) is 5.97. The molecule has 2 aliphatic heterocycles. The van der Waals surface area contributed by atoms with Crippen molar-refractivity contribution in [3.63, 3.8) is 0 Å². The molecule has 0 aliphatic carbocycles. The Morgan fingerprint density at radius 3 is 2.66 bits per heavy atom. The third kappa shape index (κ3) is 3.79. The van der Waals surface area contributed by atoms with Crippen LogP contribution >= 0.6 is 0 Å². The van der Waals surface area contributed by atoms with Gasteiger partial charge >= 0.3 is 6.03 Å². The Morgan fingerprint density at radius 1 is 1.03 bits per heavy atom. The lowest BCUT2D eigenvalue weighted by Crippen LogP contribution is -2.41. The summed E-state index contributed by atoms with van der Waals surface area (Å²) in [6, 6.07) is 11.3. The number of fused-ring (bicyclic) bond motifs is 1. The molecule has 0 unspecified atom stereocenters. The lowest BCUT2D eigenvalue weighted by molar-refractivity contribution is 0.0257. The Balaban J connectivity index is 1.51. The monoisotopic (exact) mass is 441 g/mol. The summed E-state index contributed by atoms with van der Waals surface area (Å²) in [6.07, 6.45) is 3.12. The summed E-state index contributed by atoms with van der Waals surface area (Å²) >= 11 is 0. The minimum absolute atomic E-state index is 0.0980. The van der Waals surface area contributed by atoms with Crippen LogP contribution in [0.1, 0.15) is 12.1 Å². The van der Waals surface area contributed by atoms with Crippen LogP contribution in [0.4, 0.5) is 29.5 Å². The van der Waals surface area contributed by atoms with Gasteiger partial charge < -0.3 is 19.7 Å². The van der Waals surface area contributed by atoms with E-state index in [4.69, 9.17) is 0 Å². The molecule has 4 heterocycles. The first-order valence-corrected chi connectivity index (χ1v) is 10.5. The van der Waals surface area contributed by atoms with E-state index in [2.05, 4.69) is 14.9 Å².